The number of benzene rings is 1. The maximum Gasteiger partial charge on any atom is 0.129 e. The van der Waals surface area contributed by atoms with Crippen LogP contribution in [0.15, 0.2) is 35.7 Å². The van der Waals surface area contributed by atoms with Crippen LogP contribution in [-0.2, 0) is 6.54 Å². The van der Waals surface area contributed by atoms with Crippen LogP contribution in [0.2, 0.25) is 0 Å². The summed E-state index contributed by atoms with van der Waals surface area (Å²) in [6.07, 6.45) is -0.166. The number of halogens is 2. The Kier molecular flexibility index (Phi) is 4.87. The molecule has 2 rings (SSSR count). The van der Waals surface area contributed by atoms with E-state index in [0.717, 1.165) is 12.6 Å². The van der Waals surface area contributed by atoms with Gasteiger partial charge in [-0.2, -0.15) is 0 Å². The van der Waals surface area contributed by atoms with Gasteiger partial charge in [-0.3, -0.25) is 0 Å². The predicted octanol–water partition coefficient (Wildman–Crippen LogP) is 3.58. The van der Waals surface area contributed by atoms with E-state index in [9.17, 15) is 8.78 Å². The van der Waals surface area contributed by atoms with Crippen LogP contribution in [0.25, 0.3) is 0 Å². The molecule has 0 amide bonds. The summed E-state index contributed by atoms with van der Waals surface area (Å²) in [5.41, 5.74) is 0. The van der Waals surface area contributed by atoms with Gasteiger partial charge < -0.3 is 10.1 Å². The monoisotopic (exact) mass is 283 g/mol. The van der Waals surface area contributed by atoms with Crippen LogP contribution in [-0.4, -0.2) is 12.6 Å². The molecule has 2 aromatic rings. The van der Waals surface area contributed by atoms with Gasteiger partial charge in [0, 0.05) is 36.2 Å². The molecule has 0 saturated carbocycles. The number of hydrogen-bond acceptors (Lipinski definition) is 3. The number of rotatable bonds is 6. The first kappa shape index (κ1) is 14.0. The molecule has 0 saturated heterocycles. The molecule has 102 valence electrons. The molecule has 0 fully saturated rings. The Labute approximate surface area is 115 Å². The molecule has 1 atom stereocenters. The topological polar surface area (TPSA) is 21.3 Å². The summed E-state index contributed by atoms with van der Waals surface area (Å²) in [7, 11) is 0. The zero-order chi connectivity index (χ0) is 13.7. The quantitative estimate of drug-likeness (QED) is 0.875. The molecular weight excluding hydrogens is 268 g/mol. The lowest BCUT2D eigenvalue weighted by Crippen LogP contribution is -2.28. The summed E-state index contributed by atoms with van der Waals surface area (Å²) in [6, 6.07) is 7.23. The van der Waals surface area contributed by atoms with Crippen molar-refractivity contribution < 1.29 is 13.5 Å². The lowest BCUT2D eigenvalue weighted by Gasteiger charge is -2.15. The van der Waals surface area contributed by atoms with E-state index in [1.54, 1.807) is 11.3 Å². The van der Waals surface area contributed by atoms with Crippen molar-refractivity contribution in [1.29, 1.82) is 0 Å². The van der Waals surface area contributed by atoms with E-state index in [0.29, 0.717) is 6.54 Å². The normalized spacial score (nSPS) is 12.4. The maximum absolute atomic E-state index is 13.0. The summed E-state index contributed by atoms with van der Waals surface area (Å²) >= 11 is 1.68. The molecule has 1 aromatic carbocycles. The molecule has 1 aromatic heterocycles. The molecule has 0 bridgehead atoms. The van der Waals surface area contributed by atoms with Gasteiger partial charge >= 0.3 is 0 Å². The molecule has 1 N–H and O–H groups in total. The van der Waals surface area contributed by atoms with Crippen LogP contribution in [0.1, 0.15) is 11.8 Å². The molecule has 19 heavy (non-hydrogen) atoms. The summed E-state index contributed by atoms with van der Waals surface area (Å²) in [6.45, 7) is 3.23. The van der Waals surface area contributed by atoms with Crippen molar-refractivity contribution in [3.8, 4) is 5.75 Å². The van der Waals surface area contributed by atoms with Gasteiger partial charge in [0.2, 0.25) is 0 Å². The number of hydrogen-bond donors (Lipinski definition) is 1. The third kappa shape index (κ3) is 4.61. The highest BCUT2D eigenvalue weighted by Gasteiger charge is 2.07. The maximum atomic E-state index is 13.0. The Bertz CT molecular complexity index is 496. The highest BCUT2D eigenvalue weighted by molar-refractivity contribution is 7.09. The summed E-state index contributed by atoms with van der Waals surface area (Å²) in [4.78, 5) is 1.24. The van der Waals surface area contributed by atoms with Gasteiger partial charge in [-0.15, -0.1) is 11.3 Å². The second kappa shape index (κ2) is 6.63. The Morgan fingerprint density at radius 1 is 1.26 bits per heavy atom. The minimum atomic E-state index is -0.631. The largest absolute Gasteiger partial charge is 0.489 e. The van der Waals surface area contributed by atoms with Crippen LogP contribution in [0.3, 0.4) is 0 Å². The van der Waals surface area contributed by atoms with E-state index >= 15 is 0 Å². The second-order valence-electron chi connectivity index (χ2n) is 4.24. The average molecular weight is 283 g/mol. The van der Waals surface area contributed by atoms with Crippen molar-refractivity contribution >= 4 is 11.3 Å². The number of nitrogens with one attached hydrogen (secondary N) is 1. The van der Waals surface area contributed by atoms with E-state index in [1.807, 2.05) is 24.4 Å². The van der Waals surface area contributed by atoms with E-state index in [2.05, 4.69) is 5.32 Å². The fraction of sp³-hybridized carbons (Fsp3) is 0.286. The lowest BCUT2D eigenvalue weighted by atomic mass is 10.3. The van der Waals surface area contributed by atoms with E-state index in [1.165, 1.54) is 17.0 Å². The minimum Gasteiger partial charge on any atom is -0.489 e. The Morgan fingerprint density at radius 3 is 2.63 bits per heavy atom. The van der Waals surface area contributed by atoms with Crippen molar-refractivity contribution in [2.24, 2.45) is 0 Å². The SMILES string of the molecule is CC(CNCc1cccs1)Oc1cc(F)cc(F)c1. The van der Waals surface area contributed by atoms with Crippen molar-refractivity contribution in [3.05, 3.63) is 52.2 Å². The minimum absolute atomic E-state index is 0.166. The van der Waals surface area contributed by atoms with Crippen LogP contribution in [0.4, 0.5) is 8.78 Å². The summed E-state index contributed by atoms with van der Waals surface area (Å²) in [5.74, 6) is -1.05. The molecule has 0 aliphatic carbocycles. The van der Waals surface area contributed by atoms with Gasteiger partial charge in [0.1, 0.15) is 23.5 Å². The lowest BCUT2D eigenvalue weighted by molar-refractivity contribution is 0.215. The standard InChI is InChI=1S/C14H15F2NOS/c1-10(8-17-9-14-3-2-4-19-14)18-13-6-11(15)5-12(16)7-13/h2-7,10,17H,8-9H2,1H3. The van der Waals surface area contributed by atoms with Gasteiger partial charge in [0.25, 0.3) is 0 Å². The van der Waals surface area contributed by atoms with Crippen molar-refractivity contribution in [2.75, 3.05) is 6.54 Å². The molecular formula is C14H15F2NOS. The zero-order valence-corrected chi connectivity index (χ0v) is 11.3. The van der Waals surface area contributed by atoms with E-state index in [4.69, 9.17) is 4.74 Å². The van der Waals surface area contributed by atoms with Gasteiger partial charge in [-0.1, -0.05) is 6.07 Å². The predicted molar refractivity (Wildman–Crippen MR) is 72.5 cm³/mol. The number of thiophene rings is 1. The molecule has 0 aliphatic heterocycles. The highest BCUT2D eigenvalue weighted by Crippen LogP contribution is 2.16. The van der Waals surface area contributed by atoms with Gasteiger partial charge in [0.15, 0.2) is 0 Å². The van der Waals surface area contributed by atoms with E-state index < -0.39 is 11.6 Å². The Morgan fingerprint density at radius 2 is 2.00 bits per heavy atom. The van der Waals surface area contributed by atoms with Crippen LogP contribution < -0.4 is 10.1 Å². The van der Waals surface area contributed by atoms with Crippen LogP contribution in [0.5, 0.6) is 5.75 Å². The first-order chi connectivity index (χ1) is 9.13. The van der Waals surface area contributed by atoms with Gasteiger partial charge in [-0.25, -0.2) is 8.78 Å². The molecule has 2 nitrogen and oxygen atoms in total. The number of ether oxygens (including phenoxy) is 1. The van der Waals surface area contributed by atoms with Crippen molar-refractivity contribution in [2.45, 2.75) is 19.6 Å². The smallest absolute Gasteiger partial charge is 0.129 e. The van der Waals surface area contributed by atoms with Gasteiger partial charge in [0.05, 0.1) is 0 Å². The molecule has 5 heteroatoms. The second-order valence-corrected chi connectivity index (χ2v) is 5.28. The molecule has 1 heterocycles. The molecule has 0 spiro atoms. The van der Waals surface area contributed by atoms with Crippen molar-refractivity contribution in [1.82, 2.24) is 5.32 Å². The first-order valence-electron chi connectivity index (χ1n) is 5.99. The Hall–Kier alpha value is -1.46. The highest BCUT2D eigenvalue weighted by atomic mass is 32.1. The average Bonchev–Trinajstić information content (AvgIpc) is 2.80. The van der Waals surface area contributed by atoms with E-state index in [-0.39, 0.29) is 11.9 Å². The molecule has 1 unspecified atom stereocenters. The van der Waals surface area contributed by atoms with Crippen molar-refractivity contribution in [3.63, 3.8) is 0 Å². The molecule has 0 aliphatic rings. The fourth-order valence-corrected chi connectivity index (χ4v) is 2.36. The third-order valence-corrected chi connectivity index (χ3v) is 3.36. The van der Waals surface area contributed by atoms with Crippen LogP contribution >= 0.6 is 11.3 Å². The fourth-order valence-electron chi connectivity index (χ4n) is 1.68. The zero-order valence-electron chi connectivity index (χ0n) is 10.5. The first-order valence-corrected chi connectivity index (χ1v) is 6.87. The summed E-state index contributed by atoms with van der Waals surface area (Å²) < 4.78 is 31.4. The third-order valence-electron chi connectivity index (χ3n) is 2.48. The summed E-state index contributed by atoms with van der Waals surface area (Å²) in [5, 5.41) is 5.26. The van der Waals surface area contributed by atoms with Crippen LogP contribution in [0, 0.1) is 11.6 Å². The molecule has 0 radical (unpaired) electrons. The Balaban J connectivity index is 1.78. The van der Waals surface area contributed by atoms with Gasteiger partial charge in [-0.05, 0) is 18.4 Å².